The molecule has 0 bridgehead atoms. The van der Waals surface area contributed by atoms with Gasteiger partial charge in [-0.1, -0.05) is 0 Å². The van der Waals surface area contributed by atoms with E-state index in [9.17, 15) is 0 Å². The molecule has 5 nitrogen and oxygen atoms in total. The second-order valence-corrected chi connectivity index (χ2v) is 8.85. The molecule has 2 fully saturated rings. The van der Waals surface area contributed by atoms with Crippen molar-refractivity contribution in [3.63, 3.8) is 0 Å². The molecule has 5 rings (SSSR count). The molecule has 2 aliphatic heterocycles. The number of benzene rings is 1. The minimum Gasteiger partial charge on any atom is -0.373 e. The van der Waals surface area contributed by atoms with Crippen molar-refractivity contribution in [1.29, 1.82) is 0 Å². The minimum absolute atomic E-state index is 0.277. The molecule has 1 aromatic carbocycles. The maximum atomic E-state index is 5.83. The van der Waals surface area contributed by atoms with Gasteiger partial charge in [0.1, 0.15) is 5.82 Å². The Morgan fingerprint density at radius 2 is 2.04 bits per heavy atom. The SMILES string of the molecule is Cc1cc(N2CCN(C)CC2)cc2[nH]c(-c3ccc(C4CCCO4)s3)nc12. The molecular weight excluding hydrogens is 356 g/mol. The number of ether oxygens (including phenoxy) is 1. The molecule has 2 aliphatic rings. The Morgan fingerprint density at radius 3 is 2.81 bits per heavy atom. The van der Waals surface area contributed by atoms with Crippen molar-refractivity contribution in [3.05, 3.63) is 34.7 Å². The lowest BCUT2D eigenvalue weighted by Crippen LogP contribution is -2.44. The predicted octanol–water partition coefficient (Wildman–Crippen LogP) is 4.20. The number of fused-ring (bicyclic) bond motifs is 1. The van der Waals surface area contributed by atoms with E-state index in [0.717, 1.165) is 62.5 Å². The Balaban J connectivity index is 1.45. The molecule has 2 aromatic heterocycles. The van der Waals surface area contributed by atoms with Gasteiger partial charge in [0.2, 0.25) is 0 Å². The maximum absolute atomic E-state index is 5.83. The first-order valence-electron chi connectivity index (χ1n) is 9.83. The van der Waals surface area contributed by atoms with Gasteiger partial charge in [0, 0.05) is 43.4 Å². The maximum Gasteiger partial charge on any atom is 0.148 e. The van der Waals surface area contributed by atoms with Crippen LogP contribution in [0.5, 0.6) is 0 Å². The summed E-state index contributed by atoms with van der Waals surface area (Å²) in [7, 11) is 2.19. The third kappa shape index (κ3) is 3.26. The van der Waals surface area contributed by atoms with Crippen LogP contribution in [0.15, 0.2) is 24.3 Å². The number of nitrogens with one attached hydrogen (secondary N) is 1. The van der Waals surface area contributed by atoms with Gasteiger partial charge in [0.15, 0.2) is 0 Å². The van der Waals surface area contributed by atoms with Crippen LogP contribution in [0.2, 0.25) is 0 Å². The number of piperazine rings is 1. The number of aryl methyl sites for hydroxylation is 1. The number of aromatic amines is 1. The number of aromatic nitrogens is 2. The minimum atomic E-state index is 0.277. The van der Waals surface area contributed by atoms with E-state index in [2.05, 4.69) is 53.0 Å². The monoisotopic (exact) mass is 382 g/mol. The van der Waals surface area contributed by atoms with Crippen LogP contribution in [0, 0.1) is 6.92 Å². The molecule has 1 atom stereocenters. The average molecular weight is 383 g/mol. The van der Waals surface area contributed by atoms with Crippen LogP contribution in [-0.4, -0.2) is 54.7 Å². The van der Waals surface area contributed by atoms with Crippen LogP contribution in [-0.2, 0) is 4.74 Å². The Bertz CT molecular complexity index is 948. The Kier molecular flexibility index (Phi) is 4.42. The van der Waals surface area contributed by atoms with Crippen molar-refractivity contribution in [2.75, 3.05) is 44.7 Å². The number of likely N-dealkylation sites (N-methyl/N-ethyl adjacent to an activating group) is 1. The predicted molar refractivity (Wildman–Crippen MR) is 112 cm³/mol. The normalized spacial score (nSPS) is 21.4. The number of hydrogen-bond acceptors (Lipinski definition) is 5. The van der Waals surface area contributed by atoms with E-state index >= 15 is 0 Å². The first-order chi connectivity index (χ1) is 13.2. The highest BCUT2D eigenvalue weighted by Gasteiger charge is 2.21. The molecule has 6 heteroatoms. The van der Waals surface area contributed by atoms with Crippen molar-refractivity contribution >= 4 is 28.1 Å². The van der Waals surface area contributed by atoms with E-state index in [1.165, 1.54) is 21.0 Å². The lowest BCUT2D eigenvalue weighted by molar-refractivity contribution is 0.114. The quantitative estimate of drug-likeness (QED) is 0.737. The van der Waals surface area contributed by atoms with Gasteiger partial charge in [-0.2, -0.15) is 0 Å². The third-order valence-corrected chi connectivity index (χ3v) is 6.92. The number of anilines is 1. The van der Waals surface area contributed by atoms with E-state index in [4.69, 9.17) is 9.72 Å². The molecule has 142 valence electrons. The van der Waals surface area contributed by atoms with Gasteiger partial charge in [-0.05, 0) is 56.6 Å². The van der Waals surface area contributed by atoms with Gasteiger partial charge < -0.3 is 19.5 Å². The van der Waals surface area contributed by atoms with Gasteiger partial charge in [-0.15, -0.1) is 11.3 Å². The summed E-state index contributed by atoms with van der Waals surface area (Å²) in [6.07, 6.45) is 2.57. The van der Waals surface area contributed by atoms with Crippen LogP contribution < -0.4 is 4.90 Å². The summed E-state index contributed by atoms with van der Waals surface area (Å²) in [5.74, 6) is 0.970. The molecule has 0 spiro atoms. The fourth-order valence-electron chi connectivity index (χ4n) is 4.09. The highest BCUT2D eigenvalue weighted by molar-refractivity contribution is 7.15. The number of hydrogen-bond donors (Lipinski definition) is 1. The average Bonchev–Trinajstić information content (AvgIpc) is 3.41. The zero-order valence-electron chi connectivity index (χ0n) is 16.0. The van der Waals surface area contributed by atoms with Crippen LogP contribution in [0.4, 0.5) is 5.69 Å². The zero-order chi connectivity index (χ0) is 18.4. The summed E-state index contributed by atoms with van der Waals surface area (Å²) in [6, 6.07) is 8.92. The van der Waals surface area contributed by atoms with Crippen molar-refractivity contribution < 1.29 is 4.74 Å². The van der Waals surface area contributed by atoms with Crippen molar-refractivity contribution in [2.24, 2.45) is 0 Å². The van der Waals surface area contributed by atoms with Crippen molar-refractivity contribution in [1.82, 2.24) is 14.9 Å². The topological polar surface area (TPSA) is 44.4 Å². The van der Waals surface area contributed by atoms with Gasteiger partial charge >= 0.3 is 0 Å². The van der Waals surface area contributed by atoms with Crippen molar-refractivity contribution in [2.45, 2.75) is 25.9 Å². The number of H-pyrrole nitrogens is 1. The summed E-state index contributed by atoms with van der Waals surface area (Å²) in [5.41, 5.74) is 4.75. The second kappa shape index (κ2) is 6.93. The molecule has 4 heterocycles. The van der Waals surface area contributed by atoms with Gasteiger partial charge in [-0.25, -0.2) is 4.98 Å². The van der Waals surface area contributed by atoms with E-state index < -0.39 is 0 Å². The molecule has 1 N–H and O–H groups in total. The Labute approximate surface area is 164 Å². The van der Waals surface area contributed by atoms with Crippen LogP contribution in [0.3, 0.4) is 0 Å². The fraction of sp³-hybridized carbons (Fsp3) is 0.476. The van der Waals surface area contributed by atoms with Crippen molar-refractivity contribution in [3.8, 4) is 10.7 Å². The Morgan fingerprint density at radius 1 is 1.19 bits per heavy atom. The number of rotatable bonds is 3. The molecule has 0 saturated carbocycles. The molecule has 0 radical (unpaired) electrons. The second-order valence-electron chi connectivity index (χ2n) is 7.74. The highest BCUT2D eigenvalue weighted by atomic mass is 32.1. The van der Waals surface area contributed by atoms with E-state index in [1.54, 1.807) is 11.3 Å². The molecule has 0 amide bonds. The zero-order valence-corrected chi connectivity index (χ0v) is 16.8. The summed E-state index contributed by atoms with van der Waals surface area (Å²) in [4.78, 5) is 15.9. The summed E-state index contributed by atoms with van der Waals surface area (Å²) in [6.45, 7) is 7.45. The van der Waals surface area contributed by atoms with Crippen LogP contribution in [0.1, 0.15) is 29.4 Å². The third-order valence-electron chi connectivity index (χ3n) is 5.74. The number of nitrogens with zero attached hydrogens (tertiary/aromatic N) is 3. The number of thiophene rings is 1. The molecule has 27 heavy (non-hydrogen) atoms. The summed E-state index contributed by atoms with van der Waals surface area (Å²) < 4.78 is 5.83. The van der Waals surface area contributed by atoms with Gasteiger partial charge in [-0.3, -0.25) is 0 Å². The summed E-state index contributed by atoms with van der Waals surface area (Å²) in [5, 5.41) is 0. The standard InChI is InChI=1S/C21H26N4OS/c1-14-12-15(25-9-7-24(2)8-10-25)13-16-20(14)23-21(22-16)19-6-5-18(27-19)17-4-3-11-26-17/h5-6,12-13,17H,3-4,7-11H2,1-2H3,(H,22,23). The van der Waals surface area contributed by atoms with Crippen LogP contribution >= 0.6 is 11.3 Å². The summed E-state index contributed by atoms with van der Waals surface area (Å²) >= 11 is 1.80. The molecular formula is C21H26N4OS. The van der Waals surface area contributed by atoms with E-state index in [1.807, 2.05) is 0 Å². The fourth-order valence-corrected chi connectivity index (χ4v) is 5.13. The highest BCUT2D eigenvalue weighted by Crippen LogP contribution is 2.37. The number of imidazole rings is 1. The first-order valence-corrected chi connectivity index (χ1v) is 10.6. The lowest BCUT2D eigenvalue weighted by Gasteiger charge is -2.34. The smallest absolute Gasteiger partial charge is 0.148 e. The lowest BCUT2D eigenvalue weighted by atomic mass is 10.1. The van der Waals surface area contributed by atoms with Gasteiger partial charge in [0.25, 0.3) is 0 Å². The first kappa shape index (κ1) is 17.2. The molecule has 2 saturated heterocycles. The molecule has 0 aliphatic carbocycles. The van der Waals surface area contributed by atoms with E-state index in [0.29, 0.717) is 0 Å². The Hall–Kier alpha value is -1.89. The van der Waals surface area contributed by atoms with E-state index in [-0.39, 0.29) is 6.10 Å². The van der Waals surface area contributed by atoms with Crippen LogP contribution in [0.25, 0.3) is 21.7 Å². The van der Waals surface area contributed by atoms with Gasteiger partial charge in [0.05, 0.1) is 22.0 Å². The molecule has 3 aromatic rings. The molecule has 1 unspecified atom stereocenters. The largest absolute Gasteiger partial charge is 0.373 e.